The van der Waals surface area contributed by atoms with E-state index < -0.39 is 0 Å². The van der Waals surface area contributed by atoms with Crippen molar-refractivity contribution < 1.29 is 9.53 Å². The smallest absolute Gasteiger partial charge is 0.262 e. The van der Waals surface area contributed by atoms with Gasteiger partial charge in [-0.3, -0.25) is 4.79 Å². The van der Waals surface area contributed by atoms with Gasteiger partial charge in [0.05, 0.1) is 5.71 Å². The fourth-order valence-electron chi connectivity index (χ4n) is 1.92. The molecular formula is C17H19N3O2. The minimum atomic E-state index is -0.196. The number of nitrogens with zero attached hydrogens (tertiary/aromatic N) is 1. The third-order valence-electron chi connectivity index (χ3n) is 3.25. The van der Waals surface area contributed by atoms with Crippen molar-refractivity contribution >= 4 is 17.3 Å². The average Bonchev–Trinajstić information content (AvgIpc) is 2.55. The average molecular weight is 297 g/mol. The third-order valence-corrected chi connectivity index (χ3v) is 3.25. The van der Waals surface area contributed by atoms with Crippen LogP contribution in [0.5, 0.6) is 5.75 Å². The largest absolute Gasteiger partial charge is 0.484 e. The predicted molar refractivity (Wildman–Crippen MR) is 88.1 cm³/mol. The number of anilines is 1. The molecule has 2 aromatic carbocycles. The van der Waals surface area contributed by atoms with Crippen LogP contribution < -0.4 is 15.9 Å². The molecule has 0 atom stereocenters. The fourth-order valence-corrected chi connectivity index (χ4v) is 1.92. The lowest BCUT2D eigenvalue weighted by Gasteiger charge is -2.09. The van der Waals surface area contributed by atoms with E-state index >= 15 is 0 Å². The Hall–Kier alpha value is -2.82. The highest BCUT2D eigenvalue weighted by molar-refractivity contribution is 5.98. The minimum Gasteiger partial charge on any atom is -0.484 e. The second-order valence-corrected chi connectivity index (χ2v) is 4.89. The van der Waals surface area contributed by atoms with Gasteiger partial charge in [0.2, 0.25) is 0 Å². The number of hydrazone groups is 1. The highest BCUT2D eigenvalue weighted by Crippen LogP contribution is 2.14. The van der Waals surface area contributed by atoms with Crippen LogP contribution in [-0.4, -0.2) is 18.2 Å². The van der Waals surface area contributed by atoms with E-state index in [9.17, 15) is 4.79 Å². The van der Waals surface area contributed by atoms with Crippen LogP contribution in [0.2, 0.25) is 0 Å². The SMILES string of the molecule is C/C(=N/N)c1ccc(OCC(=O)Nc2ccccc2C)cc1. The van der Waals surface area contributed by atoms with Crippen molar-refractivity contribution in [3.63, 3.8) is 0 Å². The molecule has 0 spiro atoms. The van der Waals surface area contributed by atoms with E-state index in [1.807, 2.05) is 50.2 Å². The Kier molecular flexibility index (Phi) is 5.14. The highest BCUT2D eigenvalue weighted by atomic mass is 16.5. The van der Waals surface area contributed by atoms with E-state index in [0.29, 0.717) is 5.75 Å². The predicted octanol–water partition coefficient (Wildman–Crippen LogP) is 2.70. The van der Waals surface area contributed by atoms with Crippen molar-refractivity contribution in [2.24, 2.45) is 10.9 Å². The molecule has 22 heavy (non-hydrogen) atoms. The van der Waals surface area contributed by atoms with E-state index in [2.05, 4.69) is 10.4 Å². The van der Waals surface area contributed by atoms with E-state index in [0.717, 1.165) is 22.5 Å². The lowest BCUT2D eigenvalue weighted by atomic mass is 10.1. The van der Waals surface area contributed by atoms with Crippen molar-refractivity contribution in [2.45, 2.75) is 13.8 Å². The number of para-hydroxylation sites is 1. The number of carbonyl (C=O) groups excluding carboxylic acids is 1. The summed E-state index contributed by atoms with van der Waals surface area (Å²) in [6, 6.07) is 14.9. The molecule has 5 nitrogen and oxygen atoms in total. The first-order chi connectivity index (χ1) is 10.6. The zero-order chi connectivity index (χ0) is 15.9. The van der Waals surface area contributed by atoms with Crippen LogP contribution in [0.1, 0.15) is 18.1 Å². The maximum absolute atomic E-state index is 11.9. The van der Waals surface area contributed by atoms with Gasteiger partial charge in [-0.05, 0) is 55.3 Å². The van der Waals surface area contributed by atoms with E-state index in [1.54, 1.807) is 12.1 Å². The first kappa shape index (κ1) is 15.6. The van der Waals surface area contributed by atoms with Crippen LogP contribution >= 0.6 is 0 Å². The Bertz CT molecular complexity index is 679. The summed E-state index contributed by atoms with van der Waals surface area (Å²) in [5, 5.41) is 6.45. The summed E-state index contributed by atoms with van der Waals surface area (Å²) in [5.74, 6) is 5.65. The van der Waals surface area contributed by atoms with Crippen LogP contribution in [0.3, 0.4) is 0 Å². The lowest BCUT2D eigenvalue weighted by Crippen LogP contribution is -2.20. The summed E-state index contributed by atoms with van der Waals surface area (Å²) in [7, 11) is 0. The van der Waals surface area contributed by atoms with Gasteiger partial charge in [-0.2, -0.15) is 5.10 Å². The molecule has 2 aromatic rings. The fraction of sp³-hybridized carbons (Fsp3) is 0.176. The number of hydrogen-bond donors (Lipinski definition) is 2. The number of nitrogens with two attached hydrogens (primary N) is 1. The Balaban J connectivity index is 1.90. The van der Waals surface area contributed by atoms with Gasteiger partial charge in [0, 0.05) is 5.69 Å². The first-order valence-electron chi connectivity index (χ1n) is 6.93. The van der Waals surface area contributed by atoms with Crippen molar-refractivity contribution in [3.8, 4) is 5.75 Å². The summed E-state index contributed by atoms with van der Waals surface area (Å²) in [6.45, 7) is 3.72. The van der Waals surface area contributed by atoms with Gasteiger partial charge in [0.15, 0.2) is 6.61 Å². The molecule has 0 saturated carbocycles. The topological polar surface area (TPSA) is 76.7 Å². The molecule has 114 valence electrons. The van der Waals surface area contributed by atoms with E-state index in [-0.39, 0.29) is 12.5 Å². The first-order valence-corrected chi connectivity index (χ1v) is 6.93. The number of rotatable bonds is 5. The molecule has 0 unspecified atom stereocenters. The van der Waals surface area contributed by atoms with Crippen molar-refractivity contribution in [1.82, 2.24) is 0 Å². The van der Waals surface area contributed by atoms with Gasteiger partial charge in [0.25, 0.3) is 5.91 Å². The van der Waals surface area contributed by atoms with E-state index in [4.69, 9.17) is 10.6 Å². The van der Waals surface area contributed by atoms with Gasteiger partial charge in [-0.25, -0.2) is 0 Å². The molecule has 0 aromatic heterocycles. The number of carbonyl (C=O) groups is 1. The van der Waals surface area contributed by atoms with E-state index in [1.165, 1.54) is 0 Å². The molecule has 2 rings (SSSR count). The summed E-state index contributed by atoms with van der Waals surface area (Å²) in [4.78, 5) is 11.9. The van der Waals surface area contributed by atoms with Gasteiger partial charge < -0.3 is 15.9 Å². The monoisotopic (exact) mass is 297 g/mol. The standard InChI is InChI=1S/C17H19N3O2/c1-12-5-3-4-6-16(12)19-17(21)11-22-15-9-7-14(8-10-15)13(2)20-18/h3-10H,11,18H2,1-2H3,(H,19,21)/b20-13-. The molecule has 3 N–H and O–H groups in total. The van der Waals surface area contributed by atoms with Gasteiger partial charge in [-0.15, -0.1) is 0 Å². The second kappa shape index (κ2) is 7.26. The Morgan fingerprint density at radius 1 is 1.18 bits per heavy atom. The number of nitrogens with one attached hydrogen (secondary N) is 1. The van der Waals surface area contributed by atoms with Crippen molar-refractivity contribution in [3.05, 3.63) is 59.7 Å². The second-order valence-electron chi connectivity index (χ2n) is 4.89. The van der Waals surface area contributed by atoms with Gasteiger partial charge in [0.1, 0.15) is 5.75 Å². The molecule has 1 amide bonds. The van der Waals surface area contributed by atoms with Crippen LogP contribution in [0, 0.1) is 6.92 Å². The Labute approximate surface area is 129 Å². The molecule has 0 radical (unpaired) electrons. The summed E-state index contributed by atoms with van der Waals surface area (Å²) in [6.07, 6.45) is 0. The van der Waals surface area contributed by atoms with Crippen LogP contribution in [0.25, 0.3) is 0 Å². The maximum Gasteiger partial charge on any atom is 0.262 e. The molecule has 5 heteroatoms. The molecule has 0 saturated heterocycles. The molecule has 0 aliphatic carbocycles. The van der Waals surface area contributed by atoms with Crippen LogP contribution in [0.4, 0.5) is 5.69 Å². The number of ether oxygens (including phenoxy) is 1. The van der Waals surface area contributed by atoms with Crippen molar-refractivity contribution in [2.75, 3.05) is 11.9 Å². The molecule has 0 aliphatic heterocycles. The number of aryl methyl sites for hydroxylation is 1. The Morgan fingerprint density at radius 2 is 1.86 bits per heavy atom. The summed E-state index contributed by atoms with van der Waals surface area (Å²) < 4.78 is 5.47. The molecule has 0 aliphatic rings. The molecule has 0 bridgehead atoms. The third kappa shape index (κ3) is 4.09. The lowest BCUT2D eigenvalue weighted by molar-refractivity contribution is -0.118. The zero-order valence-electron chi connectivity index (χ0n) is 12.7. The quantitative estimate of drug-likeness (QED) is 0.506. The van der Waals surface area contributed by atoms with Crippen molar-refractivity contribution in [1.29, 1.82) is 0 Å². The van der Waals surface area contributed by atoms with Crippen LogP contribution in [-0.2, 0) is 4.79 Å². The normalized spacial score (nSPS) is 11.1. The summed E-state index contributed by atoms with van der Waals surface area (Å²) >= 11 is 0. The Morgan fingerprint density at radius 3 is 2.50 bits per heavy atom. The van der Waals surface area contributed by atoms with Gasteiger partial charge >= 0.3 is 0 Å². The number of hydrogen-bond acceptors (Lipinski definition) is 4. The van der Waals surface area contributed by atoms with Gasteiger partial charge in [-0.1, -0.05) is 18.2 Å². The highest BCUT2D eigenvalue weighted by Gasteiger charge is 2.05. The molecule has 0 heterocycles. The zero-order valence-corrected chi connectivity index (χ0v) is 12.7. The summed E-state index contributed by atoms with van der Waals surface area (Å²) in [5.41, 5.74) is 3.46. The number of benzene rings is 2. The molecular weight excluding hydrogens is 278 g/mol. The molecule has 0 fully saturated rings. The minimum absolute atomic E-state index is 0.0440. The maximum atomic E-state index is 11.9. The van der Waals surface area contributed by atoms with Crippen LogP contribution in [0.15, 0.2) is 53.6 Å². The number of amides is 1.